The number of rotatable bonds is 5. The molecule has 1 aromatic carbocycles. The topological polar surface area (TPSA) is 67.4 Å². The van der Waals surface area contributed by atoms with Crippen LogP contribution in [0.5, 0.6) is 5.75 Å². The van der Waals surface area contributed by atoms with E-state index < -0.39 is 6.10 Å². The molecule has 0 aromatic heterocycles. The number of ether oxygens (including phenoxy) is 1. The van der Waals surface area contributed by atoms with Crippen LogP contribution in [0.2, 0.25) is 0 Å². The van der Waals surface area contributed by atoms with Gasteiger partial charge in [-0.2, -0.15) is 0 Å². The number of carbonyl (C=O) groups is 2. The maximum Gasteiger partial charge on any atom is 0.266 e. The van der Waals surface area contributed by atoms with Crippen LogP contribution in [0.4, 0.5) is 5.69 Å². The van der Waals surface area contributed by atoms with E-state index in [2.05, 4.69) is 16.7 Å². The maximum atomic E-state index is 12.1. The van der Waals surface area contributed by atoms with Gasteiger partial charge in [0, 0.05) is 6.54 Å². The highest BCUT2D eigenvalue weighted by Crippen LogP contribution is 2.31. The van der Waals surface area contributed by atoms with Crippen LogP contribution in [-0.2, 0) is 9.59 Å². The predicted octanol–water partition coefficient (Wildman–Crippen LogP) is 3.09. The summed E-state index contributed by atoms with van der Waals surface area (Å²) in [4.78, 5) is 24.2. The van der Waals surface area contributed by atoms with Crippen molar-refractivity contribution in [3.05, 3.63) is 35.4 Å². The van der Waals surface area contributed by atoms with Crippen LogP contribution in [0.3, 0.4) is 0 Å². The number of nitrogens with one attached hydrogen (secondary N) is 2. The van der Waals surface area contributed by atoms with Gasteiger partial charge >= 0.3 is 0 Å². The summed E-state index contributed by atoms with van der Waals surface area (Å²) < 4.78 is 5.68. The highest BCUT2D eigenvalue weighted by Gasteiger charge is 2.29. The van der Waals surface area contributed by atoms with Crippen molar-refractivity contribution in [3.8, 4) is 5.75 Å². The Hall–Kier alpha value is -2.30. The van der Waals surface area contributed by atoms with Crippen molar-refractivity contribution >= 4 is 17.5 Å². The first-order chi connectivity index (χ1) is 11.6. The molecule has 128 valence electrons. The fraction of sp³-hybridized carbons (Fsp3) is 0.474. The minimum atomic E-state index is -0.769. The van der Waals surface area contributed by atoms with E-state index >= 15 is 0 Å². The number of amides is 2. The van der Waals surface area contributed by atoms with Gasteiger partial charge in [-0.05, 0) is 56.7 Å². The van der Waals surface area contributed by atoms with Gasteiger partial charge in [0.15, 0.2) is 6.10 Å². The summed E-state index contributed by atoms with van der Waals surface area (Å²) in [5.74, 6) is 0.200. The monoisotopic (exact) mass is 328 g/mol. The Morgan fingerprint density at radius 3 is 3.04 bits per heavy atom. The minimum Gasteiger partial charge on any atom is -0.478 e. The Morgan fingerprint density at radius 1 is 1.38 bits per heavy atom. The SMILES string of the molecule is Cc1ccc2c(c1)NC(=O)C(CC(=O)NCCC1=CCCCC1)O2. The van der Waals surface area contributed by atoms with Gasteiger partial charge in [-0.3, -0.25) is 9.59 Å². The third-order valence-electron chi connectivity index (χ3n) is 4.48. The second kappa shape index (κ2) is 7.51. The lowest BCUT2D eigenvalue weighted by Crippen LogP contribution is -2.41. The largest absolute Gasteiger partial charge is 0.478 e. The molecule has 1 aromatic rings. The number of aryl methyl sites for hydroxylation is 1. The third-order valence-corrected chi connectivity index (χ3v) is 4.48. The van der Waals surface area contributed by atoms with Gasteiger partial charge in [-0.1, -0.05) is 17.7 Å². The Balaban J connectivity index is 1.48. The van der Waals surface area contributed by atoms with Crippen molar-refractivity contribution in [1.82, 2.24) is 5.32 Å². The molecule has 1 aliphatic carbocycles. The molecule has 0 fully saturated rings. The highest BCUT2D eigenvalue weighted by atomic mass is 16.5. The van der Waals surface area contributed by atoms with Gasteiger partial charge in [-0.25, -0.2) is 0 Å². The molecule has 0 bridgehead atoms. The maximum absolute atomic E-state index is 12.1. The Morgan fingerprint density at radius 2 is 2.25 bits per heavy atom. The van der Waals surface area contributed by atoms with Crippen LogP contribution in [-0.4, -0.2) is 24.5 Å². The smallest absolute Gasteiger partial charge is 0.266 e. The van der Waals surface area contributed by atoms with E-state index in [9.17, 15) is 9.59 Å². The van der Waals surface area contributed by atoms with Crippen LogP contribution in [0.15, 0.2) is 29.8 Å². The molecule has 24 heavy (non-hydrogen) atoms. The second-order valence-electron chi connectivity index (χ2n) is 6.51. The van der Waals surface area contributed by atoms with Crippen LogP contribution in [0, 0.1) is 6.92 Å². The van der Waals surface area contributed by atoms with Crippen molar-refractivity contribution in [1.29, 1.82) is 0 Å². The number of allylic oxidation sites excluding steroid dienone is 1. The van der Waals surface area contributed by atoms with Crippen molar-refractivity contribution in [3.63, 3.8) is 0 Å². The van der Waals surface area contributed by atoms with E-state index in [1.165, 1.54) is 18.4 Å². The molecule has 5 nitrogen and oxygen atoms in total. The highest BCUT2D eigenvalue weighted by molar-refractivity contribution is 6.00. The summed E-state index contributed by atoms with van der Waals surface area (Å²) in [5.41, 5.74) is 3.14. The zero-order valence-corrected chi connectivity index (χ0v) is 14.1. The number of fused-ring (bicyclic) bond motifs is 1. The third kappa shape index (κ3) is 4.16. The molecule has 1 unspecified atom stereocenters. The lowest BCUT2D eigenvalue weighted by atomic mass is 9.97. The number of carbonyl (C=O) groups excluding carboxylic acids is 2. The molecule has 2 aliphatic rings. The lowest BCUT2D eigenvalue weighted by molar-refractivity contribution is -0.130. The molecule has 3 rings (SSSR count). The summed E-state index contributed by atoms with van der Waals surface area (Å²) in [6, 6.07) is 5.61. The van der Waals surface area contributed by atoms with Crippen molar-refractivity contribution < 1.29 is 14.3 Å². The van der Waals surface area contributed by atoms with Crippen molar-refractivity contribution in [2.24, 2.45) is 0 Å². The van der Waals surface area contributed by atoms with E-state index in [1.807, 2.05) is 25.1 Å². The fourth-order valence-electron chi connectivity index (χ4n) is 3.13. The molecule has 1 atom stereocenters. The number of benzene rings is 1. The van der Waals surface area contributed by atoms with Crippen LogP contribution in [0.25, 0.3) is 0 Å². The van der Waals surface area contributed by atoms with Crippen LogP contribution >= 0.6 is 0 Å². The summed E-state index contributed by atoms with van der Waals surface area (Å²) in [7, 11) is 0. The van der Waals surface area contributed by atoms with Gasteiger partial charge in [0.05, 0.1) is 12.1 Å². The molecule has 1 heterocycles. The molecule has 2 amide bonds. The standard InChI is InChI=1S/C19H24N2O3/c1-13-7-8-16-15(11-13)21-19(23)17(24-16)12-18(22)20-10-9-14-5-3-2-4-6-14/h5,7-8,11,17H,2-4,6,9-10,12H2,1H3,(H,20,22)(H,21,23). The molecule has 1 aliphatic heterocycles. The first kappa shape index (κ1) is 16.6. The van der Waals surface area contributed by atoms with E-state index in [1.54, 1.807) is 0 Å². The number of anilines is 1. The molecule has 0 saturated heterocycles. The van der Waals surface area contributed by atoms with E-state index in [-0.39, 0.29) is 18.2 Å². The summed E-state index contributed by atoms with van der Waals surface area (Å²) >= 11 is 0. The summed E-state index contributed by atoms with van der Waals surface area (Å²) in [6.45, 7) is 2.57. The van der Waals surface area contributed by atoms with Gasteiger partial charge in [0.1, 0.15) is 5.75 Å². The molecular weight excluding hydrogens is 304 g/mol. The molecule has 5 heteroatoms. The molecular formula is C19H24N2O3. The van der Waals surface area contributed by atoms with Crippen LogP contribution < -0.4 is 15.4 Å². The first-order valence-electron chi connectivity index (χ1n) is 8.64. The molecule has 0 spiro atoms. The van der Waals surface area contributed by atoms with Crippen LogP contribution in [0.1, 0.15) is 44.1 Å². The Labute approximate surface area is 142 Å². The number of hydrogen-bond acceptors (Lipinski definition) is 3. The van der Waals surface area contributed by atoms with Gasteiger partial charge in [0.25, 0.3) is 5.91 Å². The average molecular weight is 328 g/mol. The second-order valence-corrected chi connectivity index (χ2v) is 6.51. The predicted molar refractivity (Wildman–Crippen MR) is 93.0 cm³/mol. The normalized spacial score (nSPS) is 19.6. The molecule has 2 N–H and O–H groups in total. The first-order valence-corrected chi connectivity index (χ1v) is 8.64. The lowest BCUT2D eigenvalue weighted by Gasteiger charge is -2.25. The molecule has 0 radical (unpaired) electrons. The fourth-order valence-corrected chi connectivity index (χ4v) is 3.13. The number of hydrogen-bond donors (Lipinski definition) is 2. The van der Waals surface area contributed by atoms with Gasteiger partial charge < -0.3 is 15.4 Å². The summed E-state index contributed by atoms with van der Waals surface area (Å²) in [6.07, 6.45) is 7.25. The van der Waals surface area contributed by atoms with Crippen molar-refractivity contribution in [2.45, 2.75) is 51.6 Å². The molecule has 0 saturated carbocycles. The summed E-state index contributed by atoms with van der Waals surface area (Å²) in [5, 5.41) is 5.70. The Kier molecular flexibility index (Phi) is 5.18. The van der Waals surface area contributed by atoms with E-state index in [0.29, 0.717) is 18.0 Å². The zero-order valence-electron chi connectivity index (χ0n) is 14.1. The van der Waals surface area contributed by atoms with Gasteiger partial charge in [-0.15, -0.1) is 0 Å². The minimum absolute atomic E-state index is 0.0399. The van der Waals surface area contributed by atoms with E-state index in [0.717, 1.165) is 24.8 Å². The van der Waals surface area contributed by atoms with Gasteiger partial charge in [0.2, 0.25) is 5.91 Å². The quantitative estimate of drug-likeness (QED) is 0.816. The average Bonchev–Trinajstić information content (AvgIpc) is 2.57. The Bertz CT molecular complexity index is 667. The van der Waals surface area contributed by atoms with Crippen molar-refractivity contribution in [2.75, 3.05) is 11.9 Å². The van der Waals surface area contributed by atoms with E-state index in [4.69, 9.17) is 4.74 Å². The zero-order chi connectivity index (χ0) is 16.9.